The van der Waals surface area contributed by atoms with Crippen molar-refractivity contribution in [2.45, 2.75) is 50.5 Å². The number of hydrogen-bond acceptors (Lipinski definition) is 5. The van der Waals surface area contributed by atoms with Crippen molar-refractivity contribution in [1.82, 2.24) is 4.90 Å². The van der Waals surface area contributed by atoms with Crippen LogP contribution in [0.2, 0.25) is 0 Å². The van der Waals surface area contributed by atoms with E-state index in [2.05, 4.69) is 0 Å². The number of Topliss-reactive ketones (excluding diaryl/α,β-unsaturated/α-hetero) is 1. The van der Waals surface area contributed by atoms with Crippen molar-refractivity contribution in [3.63, 3.8) is 0 Å². The van der Waals surface area contributed by atoms with Crippen molar-refractivity contribution >= 4 is 17.7 Å². The molecule has 0 bridgehead atoms. The molecule has 1 heterocycles. The summed E-state index contributed by atoms with van der Waals surface area (Å²) in [4.78, 5) is 37.4. The largest absolute Gasteiger partial charge is 0.480 e. The predicted octanol–water partition coefficient (Wildman–Crippen LogP) is 0.714. The Balaban J connectivity index is 2.45. The summed E-state index contributed by atoms with van der Waals surface area (Å²) in [6, 6.07) is 0. The van der Waals surface area contributed by atoms with Gasteiger partial charge in [-0.1, -0.05) is 32.1 Å². The maximum atomic E-state index is 12.6. The number of carbonyl (C=O) groups is 3. The van der Waals surface area contributed by atoms with Gasteiger partial charge < -0.3 is 15.9 Å². The van der Waals surface area contributed by atoms with E-state index in [9.17, 15) is 19.5 Å². The van der Waals surface area contributed by atoms with Crippen LogP contribution in [0.4, 0.5) is 0 Å². The Hall–Kier alpha value is -1.47. The van der Waals surface area contributed by atoms with Crippen molar-refractivity contribution < 1.29 is 24.6 Å². The van der Waals surface area contributed by atoms with Gasteiger partial charge in [0.25, 0.3) is 0 Å². The lowest BCUT2D eigenvalue weighted by Gasteiger charge is -2.50. The van der Waals surface area contributed by atoms with E-state index in [4.69, 9.17) is 10.8 Å². The van der Waals surface area contributed by atoms with E-state index in [0.29, 0.717) is 19.4 Å². The maximum absolute atomic E-state index is 12.6. The van der Waals surface area contributed by atoms with Crippen LogP contribution in [0.25, 0.3) is 0 Å². The molecule has 0 amide bonds. The zero-order chi connectivity index (χ0) is 17.0. The smallest absolute Gasteiger partial charge is 0.332 e. The van der Waals surface area contributed by atoms with Crippen molar-refractivity contribution in [1.29, 1.82) is 0 Å². The first-order valence-electron chi connectivity index (χ1n) is 8.38. The highest BCUT2D eigenvalue weighted by molar-refractivity contribution is 6.09. The SMILES string of the molecule is NCC(=O)C1(C(=O)O)C(C2CCCCC2)CCCN1CC(=O)O. The highest BCUT2D eigenvalue weighted by Gasteiger charge is 2.59. The molecule has 2 rings (SSSR count). The molecule has 1 saturated carbocycles. The highest BCUT2D eigenvalue weighted by atomic mass is 16.4. The number of ketones is 1. The standard InChI is InChI=1S/C16H26N2O5/c17-9-13(19)16(15(22)23)12(11-5-2-1-3-6-11)7-4-8-18(16)10-14(20)21/h11-12H,1-10,17H2,(H,20,21)(H,22,23). The Morgan fingerprint density at radius 3 is 2.22 bits per heavy atom. The van der Waals surface area contributed by atoms with Crippen LogP contribution >= 0.6 is 0 Å². The number of nitrogens with two attached hydrogens (primary N) is 1. The summed E-state index contributed by atoms with van der Waals surface area (Å²) < 4.78 is 0. The minimum Gasteiger partial charge on any atom is -0.480 e. The van der Waals surface area contributed by atoms with Gasteiger partial charge in [-0.3, -0.25) is 14.5 Å². The van der Waals surface area contributed by atoms with Crippen molar-refractivity contribution in [3.05, 3.63) is 0 Å². The third-order valence-corrected chi connectivity index (χ3v) is 5.46. The average Bonchev–Trinajstić information content (AvgIpc) is 2.54. The van der Waals surface area contributed by atoms with Crippen LogP contribution in [0.15, 0.2) is 0 Å². The molecule has 7 nitrogen and oxygen atoms in total. The predicted molar refractivity (Wildman–Crippen MR) is 82.9 cm³/mol. The fourth-order valence-electron chi connectivity index (χ4n) is 4.55. The molecule has 2 aliphatic rings. The molecular formula is C16H26N2O5. The molecule has 7 heteroatoms. The number of aliphatic carboxylic acids is 2. The molecule has 4 N–H and O–H groups in total. The van der Waals surface area contributed by atoms with Gasteiger partial charge in [-0.05, 0) is 24.7 Å². The fourth-order valence-corrected chi connectivity index (χ4v) is 4.55. The first-order valence-corrected chi connectivity index (χ1v) is 8.38. The van der Waals surface area contributed by atoms with Gasteiger partial charge in [-0.25, -0.2) is 4.79 Å². The Labute approximate surface area is 135 Å². The second kappa shape index (κ2) is 7.40. The normalized spacial score (nSPS) is 30.0. The lowest BCUT2D eigenvalue weighted by Crippen LogP contribution is -2.70. The maximum Gasteiger partial charge on any atom is 0.332 e. The van der Waals surface area contributed by atoms with Gasteiger partial charge in [0.1, 0.15) is 0 Å². The van der Waals surface area contributed by atoms with Crippen LogP contribution in [0.5, 0.6) is 0 Å². The highest BCUT2D eigenvalue weighted by Crippen LogP contribution is 2.44. The first-order chi connectivity index (χ1) is 10.9. The molecule has 2 unspecified atom stereocenters. The Morgan fingerprint density at radius 2 is 1.70 bits per heavy atom. The lowest BCUT2D eigenvalue weighted by molar-refractivity contribution is -0.171. The minimum absolute atomic E-state index is 0.145. The summed E-state index contributed by atoms with van der Waals surface area (Å²) in [6.07, 6.45) is 6.35. The van der Waals surface area contributed by atoms with E-state index in [0.717, 1.165) is 32.1 Å². The van der Waals surface area contributed by atoms with Crippen LogP contribution in [0, 0.1) is 11.8 Å². The Kier molecular flexibility index (Phi) is 5.75. The number of hydrogen-bond donors (Lipinski definition) is 3. The van der Waals surface area contributed by atoms with Crippen LogP contribution in [-0.2, 0) is 14.4 Å². The van der Waals surface area contributed by atoms with Crippen LogP contribution in [0.1, 0.15) is 44.9 Å². The summed E-state index contributed by atoms with van der Waals surface area (Å²) in [7, 11) is 0. The number of nitrogens with zero attached hydrogens (tertiary/aromatic N) is 1. The number of likely N-dealkylation sites (tertiary alicyclic amines) is 1. The van der Waals surface area contributed by atoms with E-state index < -0.39 is 29.8 Å². The Bertz CT molecular complexity index is 475. The number of carboxylic acid groups (broad SMARTS) is 2. The number of piperidine rings is 1. The second-order valence-electron chi connectivity index (χ2n) is 6.66. The zero-order valence-electron chi connectivity index (χ0n) is 13.4. The van der Waals surface area contributed by atoms with Gasteiger partial charge in [0, 0.05) is 6.54 Å². The van der Waals surface area contributed by atoms with Crippen LogP contribution < -0.4 is 5.73 Å². The summed E-state index contributed by atoms with van der Waals surface area (Å²) in [6.45, 7) is -0.527. The third-order valence-electron chi connectivity index (χ3n) is 5.46. The topological polar surface area (TPSA) is 121 Å². The van der Waals surface area contributed by atoms with E-state index in [1.54, 1.807) is 0 Å². The monoisotopic (exact) mass is 326 g/mol. The average molecular weight is 326 g/mol. The zero-order valence-corrected chi connectivity index (χ0v) is 13.4. The van der Waals surface area contributed by atoms with E-state index >= 15 is 0 Å². The van der Waals surface area contributed by atoms with E-state index in [1.165, 1.54) is 4.90 Å². The molecule has 23 heavy (non-hydrogen) atoms. The molecular weight excluding hydrogens is 300 g/mol. The van der Waals surface area contributed by atoms with E-state index in [-0.39, 0.29) is 18.4 Å². The molecule has 2 atom stereocenters. The minimum atomic E-state index is -1.78. The molecule has 0 spiro atoms. The van der Waals surface area contributed by atoms with Gasteiger partial charge in [-0.2, -0.15) is 0 Å². The fraction of sp³-hybridized carbons (Fsp3) is 0.812. The summed E-state index contributed by atoms with van der Waals surface area (Å²) >= 11 is 0. The summed E-state index contributed by atoms with van der Waals surface area (Å²) in [5.74, 6) is -3.15. The summed E-state index contributed by atoms with van der Waals surface area (Å²) in [5, 5.41) is 19.1. The van der Waals surface area contributed by atoms with Crippen LogP contribution in [-0.4, -0.2) is 58.0 Å². The van der Waals surface area contributed by atoms with Gasteiger partial charge in [0.05, 0.1) is 13.1 Å². The van der Waals surface area contributed by atoms with Gasteiger partial charge in [-0.15, -0.1) is 0 Å². The summed E-state index contributed by atoms with van der Waals surface area (Å²) in [5.41, 5.74) is 3.74. The molecule has 1 aliphatic carbocycles. The number of carbonyl (C=O) groups excluding carboxylic acids is 1. The molecule has 0 radical (unpaired) electrons. The van der Waals surface area contributed by atoms with Gasteiger partial charge in [0.2, 0.25) is 0 Å². The van der Waals surface area contributed by atoms with Gasteiger partial charge >= 0.3 is 11.9 Å². The van der Waals surface area contributed by atoms with Crippen LogP contribution in [0.3, 0.4) is 0 Å². The molecule has 1 saturated heterocycles. The molecule has 2 fully saturated rings. The Morgan fingerprint density at radius 1 is 1.04 bits per heavy atom. The molecule has 0 aromatic rings. The third kappa shape index (κ3) is 3.26. The molecule has 130 valence electrons. The van der Waals surface area contributed by atoms with Gasteiger partial charge in [0.15, 0.2) is 11.3 Å². The molecule has 1 aliphatic heterocycles. The number of carboxylic acids is 2. The lowest BCUT2D eigenvalue weighted by atomic mass is 9.64. The molecule has 0 aromatic heterocycles. The first kappa shape index (κ1) is 17.9. The number of rotatable bonds is 6. The molecule has 0 aromatic carbocycles. The quantitative estimate of drug-likeness (QED) is 0.615. The van der Waals surface area contributed by atoms with E-state index in [1.807, 2.05) is 0 Å². The van der Waals surface area contributed by atoms with Crippen molar-refractivity contribution in [3.8, 4) is 0 Å². The van der Waals surface area contributed by atoms with Crippen molar-refractivity contribution in [2.75, 3.05) is 19.6 Å². The van der Waals surface area contributed by atoms with Crippen molar-refractivity contribution in [2.24, 2.45) is 17.6 Å². The second-order valence-corrected chi connectivity index (χ2v) is 6.66.